The molecule has 0 aliphatic rings. The van der Waals surface area contributed by atoms with Gasteiger partial charge in [-0.05, 0) is 32.9 Å². The molecule has 0 atom stereocenters. The largest absolute Gasteiger partial charge is 0.350 e. The third kappa shape index (κ3) is 3.91. The predicted molar refractivity (Wildman–Crippen MR) is 102 cm³/mol. The van der Waals surface area contributed by atoms with Crippen LogP contribution in [0.1, 0.15) is 34.8 Å². The highest BCUT2D eigenvalue weighted by Crippen LogP contribution is 2.28. The van der Waals surface area contributed by atoms with E-state index in [1.165, 1.54) is 4.68 Å². The van der Waals surface area contributed by atoms with Crippen LogP contribution < -0.4 is 5.32 Å². The molecular formula is C19H20ClF2N5O. The molecule has 3 rings (SSSR count). The summed E-state index contributed by atoms with van der Waals surface area (Å²) in [4.78, 5) is 12.3. The minimum absolute atomic E-state index is 0.112. The van der Waals surface area contributed by atoms with Crippen LogP contribution in [-0.4, -0.2) is 25.5 Å². The fraction of sp³-hybridized carbons (Fsp3) is 0.316. The summed E-state index contributed by atoms with van der Waals surface area (Å²) in [6.07, 6.45) is -2.79. The van der Waals surface area contributed by atoms with Crippen molar-refractivity contribution in [2.75, 3.05) is 0 Å². The number of carbonyl (C=O) groups is 1. The Labute approximate surface area is 166 Å². The van der Waals surface area contributed by atoms with Gasteiger partial charge in [0, 0.05) is 17.8 Å². The number of nitrogens with zero attached hydrogens (tertiary/aromatic N) is 4. The molecule has 0 radical (unpaired) electrons. The van der Waals surface area contributed by atoms with Crippen molar-refractivity contribution in [3.05, 3.63) is 63.7 Å². The van der Waals surface area contributed by atoms with Crippen LogP contribution in [0.15, 0.2) is 30.3 Å². The standard InChI is InChI=1S/C19H20ClF2N5O/c1-11-15(12(2)27(24-11)14-7-5-4-6-8-14)9-23-16(28)10-26-13(3)17(20)18(25-26)19(21)22/h4-8,19H,9-10H2,1-3H3,(H,23,28). The number of hydrogen-bond acceptors (Lipinski definition) is 3. The lowest BCUT2D eigenvalue weighted by atomic mass is 10.2. The normalized spacial score (nSPS) is 11.2. The van der Waals surface area contributed by atoms with Crippen LogP contribution in [0, 0.1) is 20.8 Å². The first-order valence-corrected chi connectivity index (χ1v) is 9.05. The molecule has 0 bridgehead atoms. The first-order valence-electron chi connectivity index (χ1n) is 8.67. The van der Waals surface area contributed by atoms with Crippen LogP contribution in [-0.2, 0) is 17.9 Å². The van der Waals surface area contributed by atoms with E-state index in [1.807, 2.05) is 48.9 Å². The number of amides is 1. The monoisotopic (exact) mass is 407 g/mol. The number of alkyl halides is 2. The molecule has 3 aromatic rings. The summed E-state index contributed by atoms with van der Waals surface area (Å²) in [5.41, 5.74) is 3.38. The molecule has 0 aliphatic carbocycles. The molecule has 1 N–H and O–H groups in total. The van der Waals surface area contributed by atoms with Crippen LogP contribution >= 0.6 is 11.6 Å². The van der Waals surface area contributed by atoms with Gasteiger partial charge in [0.1, 0.15) is 12.2 Å². The zero-order chi connectivity index (χ0) is 20.4. The Kier molecular flexibility index (Phi) is 5.79. The van der Waals surface area contributed by atoms with Crippen molar-refractivity contribution < 1.29 is 13.6 Å². The number of hydrogen-bond donors (Lipinski definition) is 1. The van der Waals surface area contributed by atoms with Gasteiger partial charge < -0.3 is 5.32 Å². The smallest absolute Gasteiger partial charge is 0.283 e. The second-order valence-corrected chi connectivity index (χ2v) is 6.79. The fourth-order valence-electron chi connectivity index (χ4n) is 2.97. The molecular weight excluding hydrogens is 388 g/mol. The van der Waals surface area contributed by atoms with Gasteiger partial charge in [-0.15, -0.1) is 0 Å². The molecule has 0 saturated carbocycles. The Morgan fingerprint density at radius 2 is 1.82 bits per heavy atom. The summed E-state index contributed by atoms with van der Waals surface area (Å²) < 4.78 is 28.8. The van der Waals surface area contributed by atoms with Gasteiger partial charge >= 0.3 is 0 Å². The predicted octanol–water partition coefficient (Wildman–Crippen LogP) is 3.90. The maximum atomic E-state index is 12.9. The maximum Gasteiger partial charge on any atom is 0.283 e. The zero-order valence-electron chi connectivity index (χ0n) is 15.7. The van der Waals surface area contributed by atoms with E-state index >= 15 is 0 Å². The van der Waals surface area contributed by atoms with Gasteiger partial charge in [0.2, 0.25) is 5.91 Å². The third-order valence-corrected chi connectivity index (χ3v) is 5.03. The maximum absolute atomic E-state index is 12.9. The molecule has 2 aromatic heterocycles. The minimum Gasteiger partial charge on any atom is -0.350 e. The molecule has 0 fully saturated rings. The van der Waals surface area contributed by atoms with Gasteiger partial charge in [-0.1, -0.05) is 29.8 Å². The first-order chi connectivity index (χ1) is 13.3. The van der Waals surface area contributed by atoms with Crippen molar-refractivity contribution in [1.29, 1.82) is 0 Å². The van der Waals surface area contributed by atoms with E-state index in [1.54, 1.807) is 6.92 Å². The summed E-state index contributed by atoms with van der Waals surface area (Å²) >= 11 is 5.86. The molecule has 0 saturated heterocycles. The van der Waals surface area contributed by atoms with Crippen molar-refractivity contribution in [3.63, 3.8) is 0 Å². The van der Waals surface area contributed by atoms with Crippen LogP contribution in [0.4, 0.5) is 8.78 Å². The zero-order valence-corrected chi connectivity index (χ0v) is 16.5. The van der Waals surface area contributed by atoms with Crippen LogP contribution in [0.2, 0.25) is 5.02 Å². The summed E-state index contributed by atoms with van der Waals surface area (Å²) in [6.45, 7) is 5.44. The van der Waals surface area contributed by atoms with E-state index < -0.39 is 12.1 Å². The molecule has 148 valence electrons. The second-order valence-electron chi connectivity index (χ2n) is 6.42. The summed E-state index contributed by atoms with van der Waals surface area (Å²) in [6, 6.07) is 9.69. The summed E-state index contributed by atoms with van der Waals surface area (Å²) in [5.74, 6) is -0.352. The Bertz CT molecular complexity index is 998. The van der Waals surface area contributed by atoms with Crippen molar-refractivity contribution in [1.82, 2.24) is 24.9 Å². The number of benzene rings is 1. The molecule has 28 heavy (non-hydrogen) atoms. The molecule has 0 spiro atoms. The molecule has 1 aromatic carbocycles. The molecule has 0 aliphatic heterocycles. The molecule has 0 unspecified atom stereocenters. The average molecular weight is 408 g/mol. The van der Waals surface area contributed by atoms with Gasteiger partial charge in [0.25, 0.3) is 6.43 Å². The lowest BCUT2D eigenvalue weighted by Gasteiger charge is -2.08. The molecule has 1 amide bonds. The Hall–Kier alpha value is -2.74. The van der Waals surface area contributed by atoms with Crippen molar-refractivity contribution >= 4 is 17.5 Å². The average Bonchev–Trinajstić information content (AvgIpc) is 3.11. The van der Waals surface area contributed by atoms with Crippen LogP contribution in [0.3, 0.4) is 0 Å². The van der Waals surface area contributed by atoms with Gasteiger partial charge in [0.05, 0.1) is 22.1 Å². The highest BCUT2D eigenvalue weighted by molar-refractivity contribution is 6.31. The highest BCUT2D eigenvalue weighted by Gasteiger charge is 2.21. The fourth-order valence-corrected chi connectivity index (χ4v) is 3.19. The van der Waals surface area contributed by atoms with Crippen molar-refractivity contribution in [2.45, 2.75) is 40.3 Å². The minimum atomic E-state index is -2.79. The number of rotatable bonds is 6. The van der Waals surface area contributed by atoms with Gasteiger partial charge in [-0.3, -0.25) is 9.48 Å². The Balaban J connectivity index is 1.71. The molecule has 2 heterocycles. The van der Waals surface area contributed by atoms with Crippen LogP contribution in [0.5, 0.6) is 0 Å². The lowest BCUT2D eigenvalue weighted by molar-refractivity contribution is -0.122. The van der Waals surface area contributed by atoms with Crippen LogP contribution in [0.25, 0.3) is 5.69 Å². The highest BCUT2D eigenvalue weighted by atomic mass is 35.5. The second kappa shape index (κ2) is 8.10. The number of para-hydroxylation sites is 1. The first kappa shape index (κ1) is 20.0. The van der Waals surface area contributed by atoms with E-state index in [9.17, 15) is 13.6 Å². The van der Waals surface area contributed by atoms with Gasteiger partial charge in [-0.25, -0.2) is 13.5 Å². The van der Waals surface area contributed by atoms with E-state index in [2.05, 4.69) is 15.5 Å². The third-order valence-electron chi connectivity index (χ3n) is 4.56. The van der Waals surface area contributed by atoms with Crippen molar-refractivity contribution in [2.24, 2.45) is 0 Å². The number of aryl methyl sites for hydroxylation is 1. The van der Waals surface area contributed by atoms with E-state index in [0.717, 1.165) is 22.6 Å². The topological polar surface area (TPSA) is 64.7 Å². The summed E-state index contributed by atoms with van der Waals surface area (Å²) in [7, 11) is 0. The quantitative estimate of drug-likeness (QED) is 0.674. The Morgan fingerprint density at radius 3 is 2.43 bits per heavy atom. The van der Waals surface area contributed by atoms with Crippen molar-refractivity contribution in [3.8, 4) is 5.69 Å². The number of nitrogens with one attached hydrogen (secondary N) is 1. The lowest BCUT2D eigenvalue weighted by Crippen LogP contribution is -2.28. The molecule has 9 heteroatoms. The number of carbonyl (C=O) groups excluding carboxylic acids is 1. The van der Waals surface area contributed by atoms with E-state index in [0.29, 0.717) is 5.69 Å². The number of aromatic nitrogens is 4. The van der Waals surface area contributed by atoms with Gasteiger partial charge in [-0.2, -0.15) is 10.2 Å². The van der Waals surface area contributed by atoms with E-state index in [4.69, 9.17) is 11.6 Å². The Morgan fingerprint density at radius 1 is 1.14 bits per heavy atom. The summed E-state index contributed by atoms with van der Waals surface area (Å²) in [5, 5.41) is 11.0. The molecule has 6 nitrogen and oxygen atoms in total. The number of halogens is 3. The van der Waals surface area contributed by atoms with E-state index in [-0.39, 0.29) is 24.0 Å². The SMILES string of the molecule is Cc1nn(-c2ccccc2)c(C)c1CNC(=O)Cn1nc(C(F)F)c(Cl)c1C. The van der Waals surface area contributed by atoms with Gasteiger partial charge in [0.15, 0.2) is 0 Å².